The van der Waals surface area contributed by atoms with E-state index in [1.54, 1.807) is 11.1 Å². The number of hydrogen-bond acceptors (Lipinski definition) is 1. The number of hydrogen-bond donors (Lipinski definition) is 1. The molecule has 0 amide bonds. The molecule has 2 aromatic rings. The van der Waals surface area contributed by atoms with Crippen LogP contribution in [-0.2, 0) is 18.3 Å². The van der Waals surface area contributed by atoms with Crippen LogP contribution in [0.1, 0.15) is 29.5 Å². The Morgan fingerprint density at radius 2 is 2.00 bits per heavy atom. The quantitative estimate of drug-likeness (QED) is 0.861. The van der Waals surface area contributed by atoms with Gasteiger partial charge in [-0.15, -0.1) is 0 Å². The van der Waals surface area contributed by atoms with E-state index in [4.69, 9.17) is 0 Å². The standard InChI is InChI=1S/C19H20BrN/c20-16-7-8-17-15(12-16)6-9-18-19(17,10-11-21-18)13-14-4-2-1-3-5-14/h1-5,7-8,12,18,21H,6,9-11,13H2/t18-,19-/m0/s1. The van der Waals surface area contributed by atoms with Gasteiger partial charge in [0.1, 0.15) is 0 Å². The molecule has 2 aromatic carbocycles. The van der Waals surface area contributed by atoms with E-state index < -0.39 is 0 Å². The van der Waals surface area contributed by atoms with Gasteiger partial charge in [0.15, 0.2) is 0 Å². The highest BCUT2D eigenvalue weighted by Gasteiger charge is 2.47. The number of rotatable bonds is 2. The smallest absolute Gasteiger partial charge is 0.0178 e. The fraction of sp³-hybridized carbons (Fsp3) is 0.368. The maximum atomic E-state index is 3.76. The summed E-state index contributed by atoms with van der Waals surface area (Å²) in [5, 5.41) is 3.76. The van der Waals surface area contributed by atoms with Gasteiger partial charge in [0.05, 0.1) is 0 Å². The number of nitrogens with one attached hydrogen (secondary N) is 1. The minimum atomic E-state index is 0.287. The second kappa shape index (κ2) is 5.26. The van der Waals surface area contributed by atoms with Gasteiger partial charge in [-0.05, 0) is 61.1 Å². The fourth-order valence-corrected chi connectivity index (χ4v) is 4.77. The molecule has 108 valence electrons. The minimum Gasteiger partial charge on any atom is -0.313 e. The molecule has 0 bridgehead atoms. The summed E-state index contributed by atoms with van der Waals surface area (Å²) in [7, 11) is 0. The lowest BCUT2D eigenvalue weighted by molar-refractivity contribution is 0.326. The van der Waals surface area contributed by atoms with Gasteiger partial charge >= 0.3 is 0 Å². The summed E-state index contributed by atoms with van der Waals surface area (Å²) < 4.78 is 1.21. The van der Waals surface area contributed by atoms with Crippen molar-refractivity contribution in [3.63, 3.8) is 0 Å². The second-order valence-electron chi connectivity index (χ2n) is 6.42. The van der Waals surface area contributed by atoms with Crippen molar-refractivity contribution in [3.05, 3.63) is 69.7 Å². The van der Waals surface area contributed by atoms with Crippen LogP contribution < -0.4 is 5.32 Å². The summed E-state index contributed by atoms with van der Waals surface area (Å²) in [5.74, 6) is 0. The van der Waals surface area contributed by atoms with E-state index in [2.05, 4.69) is 69.8 Å². The molecule has 1 aliphatic carbocycles. The first kappa shape index (κ1) is 13.5. The van der Waals surface area contributed by atoms with Gasteiger partial charge < -0.3 is 5.32 Å². The Bertz CT molecular complexity index is 652. The van der Waals surface area contributed by atoms with Gasteiger partial charge in [0.25, 0.3) is 0 Å². The van der Waals surface area contributed by atoms with Crippen molar-refractivity contribution in [2.24, 2.45) is 0 Å². The monoisotopic (exact) mass is 341 g/mol. The molecule has 2 atom stereocenters. The molecule has 0 unspecified atom stereocenters. The van der Waals surface area contributed by atoms with Gasteiger partial charge in [0, 0.05) is 15.9 Å². The lowest BCUT2D eigenvalue weighted by Crippen LogP contribution is -2.45. The van der Waals surface area contributed by atoms with Crippen LogP contribution >= 0.6 is 15.9 Å². The predicted molar refractivity (Wildman–Crippen MR) is 90.7 cm³/mol. The van der Waals surface area contributed by atoms with Crippen molar-refractivity contribution in [2.45, 2.75) is 37.1 Å². The molecule has 0 spiro atoms. The maximum Gasteiger partial charge on any atom is 0.0178 e. The van der Waals surface area contributed by atoms with E-state index in [1.807, 2.05) is 0 Å². The molecular formula is C19H20BrN. The third kappa shape index (κ3) is 2.25. The first-order valence-electron chi connectivity index (χ1n) is 7.84. The normalized spacial score (nSPS) is 27.2. The van der Waals surface area contributed by atoms with Crippen LogP contribution in [0.4, 0.5) is 0 Å². The number of fused-ring (bicyclic) bond motifs is 3. The van der Waals surface area contributed by atoms with E-state index in [-0.39, 0.29) is 5.41 Å². The van der Waals surface area contributed by atoms with Crippen LogP contribution in [0, 0.1) is 0 Å². The summed E-state index contributed by atoms with van der Waals surface area (Å²) in [4.78, 5) is 0. The zero-order chi connectivity index (χ0) is 14.3. The van der Waals surface area contributed by atoms with Crippen LogP contribution in [-0.4, -0.2) is 12.6 Å². The summed E-state index contributed by atoms with van der Waals surface area (Å²) in [5.41, 5.74) is 4.87. The Balaban J connectivity index is 1.81. The van der Waals surface area contributed by atoms with Gasteiger partial charge in [-0.1, -0.05) is 52.3 Å². The average molecular weight is 342 g/mol. The van der Waals surface area contributed by atoms with E-state index in [0.29, 0.717) is 6.04 Å². The van der Waals surface area contributed by atoms with Crippen molar-refractivity contribution in [3.8, 4) is 0 Å². The van der Waals surface area contributed by atoms with Crippen LogP contribution in [0.5, 0.6) is 0 Å². The van der Waals surface area contributed by atoms with Crippen LogP contribution in [0.3, 0.4) is 0 Å². The third-order valence-electron chi connectivity index (χ3n) is 5.30. The van der Waals surface area contributed by atoms with Crippen molar-refractivity contribution >= 4 is 15.9 Å². The maximum absolute atomic E-state index is 3.76. The third-order valence-corrected chi connectivity index (χ3v) is 5.79. The van der Waals surface area contributed by atoms with Gasteiger partial charge in [0.2, 0.25) is 0 Å². The Morgan fingerprint density at radius 1 is 1.14 bits per heavy atom. The van der Waals surface area contributed by atoms with E-state index in [0.717, 1.165) is 13.0 Å². The number of benzene rings is 2. The molecule has 4 rings (SSSR count). The summed E-state index contributed by atoms with van der Waals surface area (Å²) in [6, 6.07) is 18.5. The van der Waals surface area contributed by atoms with Gasteiger partial charge in [-0.2, -0.15) is 0 Å². The first-order valence-corrected chi connectivity index (χ1v) is 8.63. The minimum absolute atomic E-state index is 0.287. The first-order chi connectivity index (χ1) is 10.3. The highest BCUT2D eigenvalue weighted by molar-refractivity contribution is 9.10. The molecule has 1 fully saturated rings. The van der Waals surface area contributed by atoms with E-state index >= 15 is 0 Å². The van der Waals surface area contributed by atoms with E-state index in [1.165, 1.54) is 29.3 Å². The molecule has 0 saturated carbocycles. The van der Waals surface area contributed by atoms with Gasteiger partial charge in [-0.3, -0.25) is 0 Å². The van der Waals surface area contributed by atoms with Gasteiger partial charge in [-0.25, -0.2) is 0 Å². The molecule has 21 heavy (non-hydrogen) atoms. The van der Waals surface area contributed by atoms with Crippen molar-refractivity contribution in [1.29, 1.82) is 0 Å². The van der Waals surface area contributed by atoms with Crippen LogP contribution in [0.2, 0.25) is 0 Å². The predicted octanol–water partition coefficient (Wildman–Crippen LogP) is 4.24. The molecule has 0 aromatic heterocycles. The average Bonchev–Trinajstić information content (AvgIpc) is 2.91. The molecule has 1 heterocycles. The summed E-state index contributed by atoms with van der Waals surface area (Å²) in [6.07, 6.45) is 4.86. The second-order valence-corrected chi connectivity index (χ2v) is 7.33. The SMILES string of the molecule is Brc1ccc2c(c1)CC[C@@H]1NCC[C@]21Cc1ccccc1. The van der Waals surface area contributed by atoms with Crippen molar-refractivity contribution in [1.82, 2.24) is 5.32 Å². The van der Waals surface area contributed by atoms with Crippen LogP contribution in [0.15, 0.2) is 53.0 Å². The lowest BCUT2D eigenvalue weighted by atomic mass is 9.64. The van der Waals surface area contributed by atoms with E-state index in [9.17, 15) is 0 Å². The molecule has 1 saturated heterocycles. The number of halogens is 1. The lowest BCUT2D eigenvalue weighted by Gasteiger charge is -2.41. The molecule has 1 nitrogen and oxygen atoms in total. The molecule has 1 aliphatic heterocycles. The van der Waals surface area contributed by atoms with Crippen LogP contribution in [0.25, 0.3) is 0 Å². The highest BCUT2D eigenvalue weighted by atomic mass is 79.9. The molecular weight excluding hydrogens is 322 g/mol. The Morgan fingerprint density at radius 3 is 2.86 bits per heavy atom. The highest BCUT2D eigenvalue weighted by Crippen LogP contribution is 2.45. The Labute approximate surface area is 134 Å². The Hall–Kier alpha value is -1.12. The fourth-order valence-electron chi connectivity index (χ4n) is 4.36. The zero-order valence-electron chi connectivity index (χ0n) is 12.1. The molecule has 1 N–H and O–H groups in total. The van der Waals surface area contributed by atoms with Crippen molar-refractivity contribution in [2.75, 3.05) is 6.54 Å². The molecule has 0 radical (unpaired) electrons. The molecule has 2 aliphatic rings. The Kier molecular flexibility index (Phi) is 3.39. The summed E-state index contributed by atoms with van der Waals surface area (Å²) >= 11 is 3.63. The number of aryl methyl sites for hydroxylation is 1. The largest absolute Gasteiger partial charge is 0.313 e. The zero-order valence-corrected chi connectivity index (χ0v) is 13.7. The topological polar surface area (TPSA) is 12.0 Å². The molecule has 2 heteroatoms. The van der Waals surface area contributed by atoms with Crippen molar-refractivity contribution < 1.29 is 0 Å². The summed E-state index contributed by atoms with van der Waals surface area (Å²) in [6.45, 7) is 1.15.